The minimum absolute atomic E-state index is 0.0127. The van der Waals surface area contributed by atoms with Gasteiger partial charge in [0.1, 0.15) is 0 Å². The molecule has 30 heavy (non-hydrogen) atoms. The molecule has 2 heterocycles. The largest absolute Gasteiger partial charge is 0.343 e. The maximum Gasteiger partial charge on any atom is 0.253 e. The number of carbonyl (C=O) groups excluding carboxylic acids is 2. The molecule has 0 aliphatic carbocycles. The smallest absolute Gasteiger partial charge is 0.253 e. The summed E-state index contributed by atoms with van der Waals surface area (Å²) >= 11 is 0. The monoisotopic (exact) mass is 400 g/mol. The van der Waals surface area contributed by atoms with Gasteiger partial charge in [-0.1, -0.05) is 48.5 Å². The summed E-state index contributed by atoms with van der Waals surface area (Å²) in [4.78, 5) is 36.0. The number of hydrogen-bond acceptors (Lipinski definition) is 4. The minimum atomic E-state index is -0.351. The van der Waals surface area contributed by atoms with Crippen molar-refractivity contribution in [2.75, 3.05) is 13.1 Å². The molecular formula is C24H24N4O2. The fraction of sp³-hybridized carbons (Fsp3) is 0.250. The van der Waals surface area contributed by atoms with Crippen LogP contribution in [0.2, 0.25) is 0 Å². The molecule has 0 radical (unpaired) electrons. The number of nitrogens with zero attached hydrogens (tertiary/aromatic N) is 3. The summed E-state index contributed by atoms with van der Waals surface area (Å²) in [5, 5.41) is 3.15. The Kier molecular flexibility index (Phi) is 6.13. The van der Waals surface area contributed by atoms with Crippen LogP contribution >= 0.6 is 0 Å². The lowest BCUT2D eigenvalue weighted by molar-refractivity contribution is -0.126. The molecule has 6 heteroatoms. The summed E-state index contributed by atoms with van der Waals surface area (Å²) in [5.41, 5.74) is 2.35. The second-order valence-electron chi connectivity index (χ2n) is 7.42. The van der Waals surface area contributed by atoms with Gasteiger partial charge in [0.15, 0.2) is 0 Å². The topological polar surface area (TPSA) is 75.2 Å². The Morgan fingerprint density at radius 1 is 0.933 bits per heavy atom. The summed E-state index contributed by atoms with van der Waals surface area (Å²) in [7, 11) is 0. The van der Waals surface area contributed by atoms with E-state index >= 15 is 0 Å². The molecule has 1 unspecified atom stereocenters. The Labute approximate surface area is 176 Å². The van der Waals surface area contributed by atoms with E-state index in [4.69, 9.17) is 0 Å². The van der Waals surface area contributed by atoms with Crippen LogP contribution in [0, 0.1) is 5.92 Å². The zero-order valence-corrected chi connectivity index (χ0v) is 16.6. The Morgan fingerprint density at radius 3 is 2.23 bits per heavy atom. The third kappa shape index (κ3) is 4.54. The number of amides is 2. The lowest BCUT2D eigenvalue weighted by Gasteiger charge is -2.32. The van der Waals surface area contributed by atoms with E-state index in [-0.39, 0.29) is 23.8 Å². The van der Waals surface area contributed by atoms with Crippen molar-refractivity contribution >= 4 is 11.8 Å². The molecular weight excluding hydrogens is 376 g/mol. The molecule has 152 valence electrons. The van der Waals surface area contributed by atoms with E-state index in [1.54, 1.807) is 18.6 Å². The lowest BCUT2D eigenvalue weighted by atomic mass is 9.94. The average molecular weight is 400 g/mol. The summed E-state index contributed by atoms with van der Waals surface area (Å²) in [6, 6.07) is 18.7. The van der Waals surface area contributed by atoms with E-state index < -0.39 is 0 Å². The van der Waals surface area contributed by atoms with Gasteiger partial charge in [0.2, 0.25) is 5.91 Å². The van der Waals surface area contributed by atoms with E-state index in [1.807, 2.05) is 65.6 Å². The molecule has 2 aromatic carbocycles. The van der Waals surface area contributed by atoms with E-state index in [9.17, 15) is 9.59 Å². The number of benzene rings is 2. The molecule has 0 saturated carbocycles. The Morgan fingerprint density at radius 2 is 1.60 bits per heavy atom. The van der Waals surface area contributed by atoms with Crippen molar-refractivity contribution in [2.24, 2.45) is 5.92 Å². The fourth-order valence-electron chi connectivity index (χ4n) is 3.80. The van der Waals surface area contributed by atoms with Crippen molar-refractivity contribution in [3.8, 4) is 0 Å². The van der Waals surface area contributed by atoms with Crippen LogP contribution in [0.1, 0.15) is 40.5 Å². The normalized spacial score (nSPS) is 15.4. The highest BCUT2D eigenvalue weighted by Gasteiger charge is 2.29. The standard InChI is InChI=1S/C24H24N4O2/c29-23(19-11-15-28(16-12-19)24(30)20-9-5-2-6-10-20)27-22(18-7-3-1-4-8-18)21-17-25-13-14-26-21/h1-10,13-14,17,19,22H,11-12,15-16H2,(H,27,29). The second-order valence-corrected chi connectivity index (χ2v) is 7.42. The number of carbonyl (C=O) groups is 2. The number of nitrogens with one attached hydrogen (secondary N) is 1. The van der Waals surface area contributed by atoms with Gasteiger partial charge in [-0.3, -0.25) is 19.6 Å². The molecule has 1 saturated heterocycles. The van der Waals surface area contributed by atoms with Crippen LogP contribution in [0.4, 0.5) is 0 Å². The van der Waals surface area contributed by atoms with Gasteiger partial charge in [0.05, 0.1) is 17.9 Å². The number of rotatable bonds is 5. The second kappa shape index (κ2) is 9.31. The van der Waals surface area contributed by atoms with Gasteiger partial charge in [0, 0.05) is 37.0 Å². The predicted molar refractivity (Wildman–Crippen MR) is 114 cm³/mol. The summed E-state index contributed by atoms with van der Waals surface area (Å²) in [6.07, 6.45) is 6.22. The molecule has 0 bridgehead atoms. The first kappa shape index (κ1) is 19.8. The highest BCUT2D eigenvalue weighted by Crippen LogP contribution is 2.24. The quantitative estimate of drug-likeness (QED) is 0.713. The van der Waals surface area contributed by atoms with Gasteiger partial charge in [-0.15, -0.1) is 0 Å². The Bertz CT molecular complexity index is 932. The zero-order valence-electron chi connectivity index (χ0n) is 16.6. The van der Waals surface area contributed by atoms with Crippen LogP contribution in [0.3, 0.4) is 0 Å². The molecule has 4 rings (SSSR count). The number of aromatic nitrogens is 2. The van der Waals surface area contributed by atoms with Crippen molar-refractivity contribution in [1.82, 2.24) is 20.2 Å². The molecule has 1 N–H and O–H groups in total. The van der Waals surface area contributed by atoms with E-state index in [1.165, 1.54) is 0 Å². The van der Waals surface area contributed by atoms with Gasteiger partial charge >= 0.3 is 0 Å². The van der Waals surface area contributed by atoms with E-state index in [0.717, 1.165) is 5.56 Å². The van der Waals surface area contributed by atoms with E-state index in [2.05, 4.69) is 15.3 Å². The molecule has 0 spiro atoms. The van der Waals surface area contributed by atoms with Crippen molar-refractivity contribution in [2.45, 2.75) is 18.9 Å². The van der Waals surface area contributed by atoms with Crippen LogP contribution < -0.4 is 5.32 Å². The van der Waals surface area contributed by atoms with Crippen LogP contribution in [-0.2, 0) is 4.79 Å². The average Bonchev–Trinajstić information content (AvgIpc) is 2.83. The first-order chi connectivity index (χ1) is 14.7. The molecule has 2 amide bonds. The molecule has 1 aliphatic heterocycles. The number of likely N-dealkylation sites (tertiary alicyclic amines) is 1. The highest BCUT2D eigenvalue weighted by molar-refractivity contribution is 5.94. The number of hydrogen-bond donors (Lipinski definition) is 1. The fourth-order valence-corrected chi connectivity index (χ4v) is 3.80. The first-order valence-corrected chi connectivity index (χ1v) is 10.2. The first-order valence-electron chi connectivity index (χ1n) is 10.2. The molecule has 1 fully saturated rings. The van der Waals surface area contributed by atoms with Crippen molar-refractivity contribution in [3.63, 3.8) is 0 Å². The summed E-state index contributed by atoms with van der Waals surface area (Å²) in [6.45, 7) is 1.15. The lowest BCUT2D eigenvalue weighted by Crippen LogP contribution is -2.44. The molecule has 1 aromatic heterocycles. The maximum absolute atomic E-state index is 13.0. The summed E-state index contributed by atoms with van der Waals surface area (Å²) in [5.74, 6) is -0.120. The van der Waals surface area contributed by atoms with Crippen LogP contribution in [0.25, 0.3) is 0 Å². The van der Waals surface area contributed by atoms with Crippen LogP contribution in [-0.4, -0.2) is 39.8 Å². The van der Waals surface area contributed by atoms with Crippen molar-refractivity contribution < 1.29 is 9.59 Å². The predicted octanol–water partition coefficient (Wildman–Crippen LogP) is 3.23. The van der Waals surface area contributed by atoms with E-state index in [0.29, 0.717) is 37.2 Å². The molecule has 1 aliphatic rings. The van der Waals surface area contributed by atoms with Crippen molar-refractivity contribution in [1.29, 1.82) is 0 Å². The SMILES string of the molecule is O=C(NC(c1ccccc1)c1cnccn1)C1CCN(C(=O)c2ccccc2)CC1. The van der Waals surface area contributed by atoms with Crippen LogP contribution in [0.15, 0.2) is 79.3 Å². The Hall–Kier alpha value is -3.54. The van der Waals surface area contributed by atoms with Gasteiger partial charge < -0.3 is 10.2 Å². The zero-order chi connectivity index (χ0) is 20.8. The third-order valence-corrected chi connectivity index (χ3v) is 5.47. The maximum atomic E-state index is 13.0. The molecule has 1 atom stereocenters. The van der Waals surface area contributed by atoms with Crippen LogP contribution in [0.5, 0.6) is 0 Å². The third-order valence-electron chi connectivity index (χ3n) is 5.47. The van der Waals surface area contributed by atoms with Gasteiger partial charge in [0.25, 0.3) is 5.91 Å². The molecule has 3 aromatic rings. The van der Waals surface area contributed by atoms with Gasteiger partial charge in [-0.2, -0.15) is 0 Å². The van der Waals surface area contributed by atoms with Crippen molar-refractivity contribution in [3.05, 3.63) is 96.1 Å². The van der Waals surface area contributed by atoms with Gasteiger partial charge in [-0.05, 0) is 30.5 Å². The molecule has 6 nitrogen and oxygen atoms in total. The number of piperidine rings is 1. The summed E-state index contributed by atoms with van der Waals surface area (Å²) < 4.78 is 0. The Balaban J connectivity index is 1.41. The minimum Gasteiger partial charge on any atom is -0.343 e. The van der Waals surface area contributed by atoms with Gasteiger partial charge in [-0.25, -0.2) is 0 Å². The highest BCUT2D eigenvalue weighted by atomic mass is 16.2.